The van der Waals surface area contributed by atoms with Crippen molar-refractivity contribution < 1.29 is 23.1 Å². The van der Waals surface area contributed by atoms with Crippen LogP contribution in [0.1, 0.15) is 11.3 Å². The summed E-state index contributed by atoms with van der Waals surface area (Å²) in [5, 5.41) is 14.1. The molecule has 1 aromatic rings. The number of thiophene rings is 1. The van der Waals surface area contributed by atoms with E-state index >= 15 is 0 Å². The molecule has 2 heterocycles. The van der Waals surface area contributed by atoms with E-state index in [1.54, 1.807) is 17.5 Å². The van der Waals surface area contributed by atoms with Gasteiger partial charge < -0.3 is 9.94 Å². The van der Waals surface area contributed by atoms with Crippen molar-refractivity contribution in [3.8, 4) is 0 Å². The van der Waals surface area contributed by atoms with Crippen LogP contribution in [0.15, 0.2) is 22.7 Å². The minimum Gasteiger partial charge on any atom is -0.350 e. The van der Waals surface area contributed by atoms with E-state index in [2.05, 4.69) is 9.99 Å². The molecule has 0 bridgehead atoms. The average molecular weight is 237 g/mol. The minimum absolute atomic E-state index is 0.116. The molecule has 0 spiro atoms. The standard InChI is InChI=1S/C8H6F3NO2S/c9-8(10,11)7(13)4-5(12-14-7)6-2-1-3-15-6/h1-3,13H,4H2/t7-/m0/s1. The lowest BCUT2D eigenvalue weighted by atomic mass is 10.1. The molecule has 0 fully saturated rings. The van der Waals surface area contributed by atoms with Gasteiger partial charge in [-0.05, 0) is 11.4 Å². The Morgan fingerprint density at radius 3 is 2.73 bits per heavy atom. The number of aliphatic hydroxyl groups is 1. The van der Waals surface area contributed by atoms with Crippen LogP contribution in [0.25, 0.3) is 0 Å². The Kier molecular flexibility index (Phi) is 2.23. The molecule has 2 rings (SSSR count). The molecule has 7 heteroatoms. The van der Waals surface area contributed by atoms with E-state index in [0.717, 1.165) is 0 Å². The van der Waals surface area contributed by atoms with E-state index in [1.165, 1.54) is 11.3 Å². The summed E-state index contributed by atoms with van der Waals surface area (Å²) in [6.07, 6.45) is -5.51. The molecule has 1 atom stereocenters. The summed E-state index contributed by atoms with van der Waals surface area (Å²) < 4.78 is 36.9. The van der Waals surface area contributed by atoms with E-state index in [4.69, 9.17) is 5.11 Å². The molecule has 1 aliphatic rings. The van der Waals surface area contributed by atoms with Gasteiger partial charge in [0.15, 0.2) is 0 Å². The molecule has 15 heavy (non-hydrogen) atoms. The van der Waals surface area contributed by atoms with Crippen molar-refractivity contribution in [1.29, 1.82) is 0 Å². The van der Waals surface area contributed by atoms with Gasteiger partial charge in [-0.25, -0.2) is 0 Å². The third-order valence-electron chi connectivity index (χ3n) is 1.96. The maximum Gasteiger partial charge on any atom is 0.458 e. The molecule has 1 aromatic heterocycles. The average Bonchev–Trinajstić information content (AvgIpc) is 2.70. The van der Waals surface area contributed by atoms with Gasteiger partial charge in [-0.3, -0.25) is 0 Å². The Bertz CT molecular complexity index is 387. The van der Waals surface area contributed by atoms with Crippen LogP contribution in [0.5, 0.6) is 0 Å². The lowest BCUT2D eigenvalue weighted by Gasteiger charge is -2.22. The van der Waals surface area contributed by atoms with Gasteiger partial charge in [-0.1, -0.05) is 11.2 Å². The fourth-order valence-corrected chi connectivity index (χ4v) is 1.86. The first-order valence-electron chi connectivity index (χ1n) is 4.00. The van der Waals surface area contributed by atoms with Crippen LogP contribution in [0.4, 0.5) is 13.2 Å². The van der Waals surface area contributed by atoms with Crippen molar-refractivity contribution in [2.24, 2.45) is 5.16 Å². The molecule has 3 nitrogen and oxygen atoms in total. The number of hydrogen-bond acceptors (Lipinski definition) is 4. The van der Waals surface area contributed by atoms with Gasteiger partial charge in [-0.2, -0.15) is 13.2 Å². The third kappa shape index (κ3) is 1.72. The summed E-state index contributed by atoms with van der Waals surface area (Å²) in [7, 11) is 0. The van der Waals surface area contributed by atoms with Gasteiger partial charge in [0, 0.05) is 0 Å². The number of hydrogen-bond donors (Lipinski definition) is 1. The van der Waals surface area contributed by atoms with E-state index < -0.39 is 18.4 Å². The number of nitrogens with zero attached hydrogens (tertiary/aromatic N) is 1. The zero-order chi connectivity index (χ0) is 11.1. The summed E-state index contributed by atoms with van der Waals surface area (Å²) in [4.78, 5) is 4.63. The molecule has 0 unspecified atom stereocenters. The smallest absolute Gasteiger partial charge is 0.350 e. The van der Waals surface area contributed by atoms with Crippen molar-refractivity contribution in [3.63, 3.8) is 0 Å². The molecular weight excluding hydrogens is 231 g/mol. The molecule has 0 saturated carbocycles. The maximum atomic E-state index is 12.3. The summed E-state index contributed by atoms with van der Waals surface area (Å²) in [6.45, 7) is 0. The maximum absolute atomic E-state index is 12.3. The highest BCUT2D eigenvalue weighted by molar-refractivity contribution is 7.12. The molecule has 0 aliphatic carbocycles. The zero-order valence-electron chi connectivity index (χ0n) is 7.28. The Morgan fingerprint density at radius 2 is 2.27 bits per heavy atom. The summed E-state index contributed by atoms with van der Waals surface area (Å²) in [5.74, 6) is -3.17. The van der Waals surface area contributed by atoms with Crippen LogP contribution in [0.3, 0.4) is 0 Å². The van der Waals surface area contributed by atoms with Crippen LogP contribution in [-0.4, -0.2) is 22.8 Å². The lowest BCUT2D eigenvalue weighted by Crippen LogP contribution is -2.45. The van der Waals surface area contributed by atoms with Crippen LogP contribution in [0.2, 0.25) is 0 Å². The number of oxime groups is 1. The molecule has 1 aliphatic heterocycles. The van der Waals surface area contributed by atoms with Gasteiger partial charge in [0.2, 0.25) is 0 Å². The topological polar surface area (TPSA) is 41.8 Å². The molecule has 0 amide bonds. The van der Waals surface area contributed by atoms with Crippen molar-refractivity contribution >= 4 is 17.0 Å². The van der Waals surface area contributed by atoms with Gasteiger partial charge in [0.25, 0.3) is 0 Å². The Hall–Kier alpha value is -1.08. The van der Waals surface area contributed by atoms with E-state index in [9.17, 15) is 13.2 Å². The van der Waals surface area contributed by atoms with Crippen LogP contribution in [0, 0.1) is 0 Å². The second kappa shape index (κ2) is 3.21. The highest BCUT2D eigenvalue weighted by Crippen LogP contribution is 2.39. The second-order valence-electron chi connectivity index (χ2n) is 3.07. The van der Waals surface area contributed by atoms with Crippen LogP contribution >= 0.6 is 11.3 Å². The van der Waals surface area contributed by atoms with Gasteiger partial charge >= 0.3 is 12.0 Å². The molecular formula is C8H6F3NO2S. The highest BCUT2D eigenvalue weighted by atomic mass is 32.1. The predicted octanol–water partition coefficient (Wildman–Crippen LogP) is 2.12. The van der Waals surface area contributed by atoms with Gasteiger partial charge in [-0.15, -0.1) is 11.3 Å². The van der Waals surface area contributed by atoms with E-state index in [1.807, 2.05) is 0 Å². The Morgan fingerprint density at radius 1 is 1.53 bits per heavy atom. The molecule has 0 saturated heterocycles. The molecule has 0 radical (unpaired) electrons. The quantitative estimate of drug-likeness (QED) is 0.812. The minimum atomic E-state index is -4.84. The normalized spacial score (nSPS) is 26.3. The summed E-state index contributed by atoms with van der Waals surface area (Å²) >= 11 is 1.24. The lowest BCUT2D eigenvalue weighted by molar-refractivity contribution is -0.355. The van der Waals surface area contributed by atoms with Gasteiger partial charge in [0.05, 0.1) is 11.3 Å². The SMILES string of the molecule is O[C@@]1(C(F)(F)F)CC(c2cccs2)=NO1. The number of rotatable bonds is 1. The van der Waals surface area contributed by atoms with E-state index in [-0.39, 0.29) is 5.71 Å². The zero-order valence-corrected chi connectivity index (χ0v) is 8.10. The van der Waals surface area contributed by atoms with Crippen LogP contribution in [-0.2, 0) is 4.84 Å². The predicted molar refractivity (Wildman–Crippen MR) is 47.6 cm³/mol. The van der Waals surface area contributed by atoms with Crippen molar-refractivity contribution in [2.45, 2.75) is 18.4 Å². The monoisotopic (exact) mass is 237 g/mol. The molecule has 1 N–H and O–H groups in total. The summed E-state index contributed by atoms with van der Waals surface area (Å²) in [5.41, 5.74) is 0.116. The summed E-state index contributed by atoms with van der Waals surface area (Å²) in [6, 6.07) is 3.31. The first-order valence-corrected chi connectivity index (χ1v) is 4.88. The first kappa shape index (κ1) is 10.4. The Balaban J connectivity index is 2.18. The Labute approximate surface area is 86.8 Å². The first-order chi connectivity index (χ1) is 6.92. The van der Waals surface area contributed by atoms with E-state index in [0.29, 0.717) is 4.88 Å². The number of halogens is 3. The fraction of sp³-hybridized carbons (Fsp3) is 0.375. The number of alkyl halides is 3. The van der Waals surface area contributed by atoms with Crippen molar-refractivity contribution in [3.05, 3.63) is 22.4 Å². The van der Waals surface area contributed by atoms with Crippen molar-refractivity contribution in [2.75, 3.05) is 0 Å². The fourth-order valence-electron chi connectivity index (χ4n) is 1.15. The molecule has 82 valence electrons. The van der Waals surface area contributed by atoms with Crippen molar-refractivity contribution in [1.82, 2.24) is 0 Å². The van der Waals surface area contributed by atoms with Gasteiger partial charge in [0.1, 0.15) is 5.71 Å². The van der Waals surface area contributed by atoms with Crippen LogP contribution < -0.4 is 0 Å². The second-order valence-corrected chi connectivity index (χ2v) is 4.01. The largest absolute Gasteiger partial charge is 0.458 e. The third-order valence-corrected chi connectivity index (χ3v) is 2.88. The highest BCUT2D eigenvalue weighted by Gasteiger charge is 2.60. The molecule has 0 aromatic carbocycles.